The molecule has 4 N–H and O–H groups in total. The van der Waals surface area contributed by atoms with Crippen LogP contribution in [-0.2, 0) is 20.5 Å². The van der Waals surface area contributed by atoms with Crippen LogP contribution in [0, 0.1) is 5.92 Å². The summed E-state index contributed by atoms with van der Waals surface area (Å²) in [6.45, 7) is 5.49. The lowest BCUT2D eigenvalue weighted by molar-refractivity contribution is -0.145. The molecule has 0 saturated heterocycles. The van der Waals surface area contributed by atoms with Gasteiger partial charge in [0.2, 0.25) is 0 Å². The van der Waals surface area contributed by atoms with Gasteiger partial charge in [0, 0.05) is 13.0 Å². The van der Waals surface area contributed by atoms with E-state index in [9.17, 15) is 29.0 Å². The molecule has 152 valence electrons. The van der Waals surface area contributed by atoms with Gasteiger partial charge in [0.1, 0.15) is 18.1 Å². The summed E-state index contributed by atoms with van der Waals surface area (Å²) >= 11 is 0. The highest BCUT2D eigenvalue weighted by Gasteiger charge is 2.29. The van der Waals surface area contributed by atoms with Crippen LogP contribution in [0.25, 0.3) is 0 Å². The SMILES string of the molecule is CCOC(=O)[C@H](Cc1ccc(O)cc1)NC(=O)N(CC(C)C)CP(=O)(O)O. The second kappa shape index (κ2) is 10.3. The summed E-state index contributed by atoms with van der Waals surface area (Å²) in [5.74, 6) is -0.611. The number of aromatic hydroxyl groups is 1. The number of rotatable bonds is 9. The molecule has 1 aromatic carbocycles. The van der Waals surface area contributed by atoms with Crippen LogP contribution >= 0.6 is 7.60 Å². The first kappa shape index (κ1) is 23.0. The van der Waals surface area contributed by atoms with Crippen LogP contribution in [0.5, 0.6) is 5.75 Å². The van der Waals surface area contributed by atoms with E-state index in [2.05, 4.69) is 5.32 Å². The molecule has 0 fully saturated rings. The van der Waals surface area contributed by atoms with Gasteiger partial charge in [-0.3, -0.25) is 4.57 Å². The van der Waals surface area contributed by atoms with Gasteiger partial charge in [-0.05, 0) is 30.5 Å². The Hall–Kier alpha value is -2.09. The molecule has 10 heteroatoms. The van der Waals surface area contributed by atoms with Crippen LogP contribution in [-0.4, -0.2) is 57.3 Å². The minimum atomic E-state index is -4.46. The summed E-state index contributed by atoms with van der Waals surface area (Å²) in [7, 11) is -4.46. The third-order valence-corrected chi connectivity index (χ3v) is 4.18. The molecule has 1 rings (SSSR count). The van der Waals surface area contributed by atoms with Crippen molar-refractivity contribution in [2.45, 2.75) is 33.2 Å². The van der Waals surface area contributed by atoms with Crippen molar-refractivity contribution in [3.63, 3.8) is 0 Å². The Labute approximate surface area is 158 Å². The van der Waals surface area contributed by atoms with Crippen molar-refractivity contribution < 1.29 is 33.8 Å². The fraction of sp³-hybridized carbons (Fsp3) is 0.529. The van der Waals surface area contributed by atoms with E-state index in [4.69, 9.17) is 4.74 Å². The second-order valence-corrected chi connectivity index (χ2v) is 8.16. The average Bonchev–Trinajstić information content (AvgIpc) is 2.54. The molecule has 1 aromatic rings. The quantitative estimate of drug-likeness (QED) is 0.364. The molecule has 0 heterocycles. The maximum absolute atomic E-state index is 12.5. The maximum atomic E-state index is 12.5. The Morgan fingerprint density at radius 3 is 2.30 bits per heavy atom. The highest BCUT2D eigenvalue weighted by Crippen LogP contribution is 2.35. The van der Waals surface area contributed by atoms with Gasteiger partial charge in [-0.1, -0.05) is 26.0 Å². The van der Waals surface area contributed by atoms with Crippen LogP contribution in [0.2, 0.25) is 0 Å². The summed E-state index contributed by atoms with van der Waals surface area (Å²) in [4.78, 5) is 44.2. The predicted octanol–water partition coefficient (Wildman–Crippen LogP) is 1.67. The number of urea groups is 1. The lowest BCUT2D eigenvalue weighted by atomic mass is 10.1. The number of nitrogens with one attached hydrogen (secondary N) is 1. The zero-order valence-electron chi connectivity index (χ0n) is 15.7. The normalized spacial score (nSPS) is 12.5. The van der Waals surface area contributed by atoms with E-state index in [1.807, 2.05) is 0 Å². The van der Waals surface area contributed by atoms with Crippen LogP contribution in [0.15, 0.2) is 24.3 Å². The van der Waals surface area contributed by atoms with Crippen molar-refractivity contribution in [3.05, 3.63) is 29.8 Å². The van der Waals surface area contributed by atoms with Crippen LogP contribution in [0.1, 0.15) is 26.3 Å². The van der Waals surface area contributed by atoms with Gasteiger partial charge in [0.25, 0.3) is 0 Å². The number of carbonyl (C=O) groups excluding carboxylic acids is 2. The van der Waals surface area contributed by atoms with Gasteiger partial charge in [0.05, 0.1) is 6.61 Å². The minimum absolute atomic E-state index is 0.0274. The van der Waals surface area contributed by atoms with E-state index >= 15 is 0 Å². The topological polar surface area (TPSA) is 136 Å². The number of nitrogens with zero attached hydrogens (tertiary/aromatic N) is 1. The first-order valence-corrected chi connectivity index (χ1v) is 10.4. The number of hydrogen-bond acceptors (Lipinski definition) is 5. The molecule has 0 radical (unpaired) electrons. The fourth-order valence-electron chi connectivity index (χ4n) is 2.41. The fourth-order valence-corrected chi connectivity index (χ4v) is 3.10. The Balaban J connectivity index is 2.95. The molecule has 2 amide bonds. The number of hydrogen-bond donors (Lipinski definition) is 4. The van der Waals surface area contributed by atoms with Crippen molar-refractivity contribution in [2.24, 2.45) is 5.92 Å². The van der Waals surface area contributed by atoms with Crippen molar-refractivity contribution in [1.82, 2.24) is 10.2 Å². The number of amides is 2. The van der Waals surface area contributed by atoms with Gasteiger partial charge in [-0.25, -0.2) is 9.59 Å². The zero-order valence-corrected chi connectivity index (χ0v) is 16.6. The number of esters is 1. The minimum Gasteiger partial charge on any atom is -0.508 e. The van der Waals surface area contributed by atoms with Crippen molar-refractivity contribution >= 4 is 19.6 Å². The van der Waals surface area contributed by atoms with Crippen LogP contribution < -0.4 is 5.32 Å². The van der Waals surface area contributed by atoms with Crippen molar-refractivity contribution in [2.75, 3.05) is 19.4 Å². The van der Waals surface area contributed by atoms with E-state index in [1.54, 1.807) is 32.9 Å². The molecule has 0 aliphatic carbocycles. The molecule has 1 atom stereocenters. The lowest BCUT2D eigenvalue weighted by Gasteiger charge is -2.27. The molecule has 0 aromatic heterocycles. The molecule has 0 unspecified atom stereocenters. The Bertz CT molecular complexity index is 672. The van der Waals surface area contributed by atoms with Crippen LogP contribution in [0.3, 0.4) is 0 Å². The van der Waals surface area contributed by atoms with Gasteiger partial charge in [0.15, 0.2) is 0 Å². The third-order valence-electron chi connectivity index (χ3n) is 3.47. The predicted molar refractivity (Wildman–Crippen MR) is 99.2 cm³/mol. The van der Waals surface area contributed by atoms with Gasteiger partial charge >= 0.3 is 19.6 Å². The summed E-state index contributed by atoms with van der Waals surface area (Å²) in [5, 5.41) is 11.9. The van der Waals surface area contributed by atoms with Crippen molar-refractivity contribution in [1.29, 1.82) is 0 Å². The monoisotopic (exact) mass is 402 g/mol. The second-order valence-electron chi connectivity index (χ2n) is 6.55. The van der Waals surface area contributed by atoms with E-state index in [-0.39, 0.29) is 31.2 Å². The number of carbonyl (C=O) groups is 2. The van der Waals surface area contributed by atoms with E-state index in [0.29, 0.717) is 5.56 Å². The summed E-state index contributed by atoms with van der Waals surface area (Å²) in [6.07, 6.45) is -0.637. The first-order chi connectivity index (χ1) is 12.5. The number of phenolic OH excluding ortho intramolecular Hbond substituents is 1. The summed E-state index contributed by atoms with van der Waals surface area (Å²) < 4.78 is 16.3. The zero-order chi connectivity index (χ0) is 20.6. The molecule has 0 aliphatic rings. The van der Waals surface area contributed by atoms with Gasteiger partial charge in [-0.2, -0.15) is 0 Å². The average molecular weight is 402 g/mol. The Morgan fingerprint density at radius 1 is 1.22 bits per heavy atom. The highest BCUT2D eigenvalue weighted by atomic mass is 31.2. The third kappa shape index (κ3) is 8.90. The van der Waals surface area contributed by atoms with E-state index in [0.717, 1.165) is 4.90 Å². The van der Waals surface area contributed by atoms with Crippen LogP contribution in [0.4, 0.5) is 4.79 Å². The lowest BCUT2D eigenvalue weighted by Crippen LogP contribution is -2.50. The molecule has 9 nitrogen and oxygen atoms in total. The van der Waals surface area contributed by atoms with E-state index in [1.165, 1.54) is 12.1 Å². The smallest absolute Gasteiger partial charge is 0.344 e. The molecule has 0 saturated carbocycles. The summed E-state index contributed by atoms with van der Waals surface area (Å²) in [5.41, 5.74) is 0.677. The number of phenols is 1. The standard InChI is InChI=1S/C17H27N2O7P/c1-4-26-16(21)15(9-13-5-7-14(20)8-6-13)18-17(22)19(10-12(2)3)11-27(23,24)25/h5-8,12,15,20H,4,9-11H2,1-3H3,(H,18,22)(H2,23,24,25)/t15-/m0/s1. The number of ether oxygens (including phenoxy) is 1. The highest BCUT2D eigenvalue weighted by molar-refractivity contribution is 7.51. The number of benzene rings is 1. The van der Waals surface area contributed by atoms with E-state index < -0.39 is 31.9 Å². The molecular formula is C17H27N2O7P. The Kier molecular flexibility index (Phi) is 8.75. The van der Waals surface area contributed by atoms with Gasteiger partial charge in [-0.15, -0.1) is 0 Å². The molecule has 0 aliphatic heterocycles. The maximum Gasteiger partial charge on any atom is 0.344 e. The van der Waals surface area contributed by atoms with Gasteiger partial charge < -0.3 is 29.8 Å². The Morgan fingerprint density at radius 2 is 1.81 bits per heavy atom. The largest absolute Gasteiger partial charge is 0.508 e. The molecule has 0 bridgehead atoms. The molecule has 0 spiro atoms. The molecule has 27 heavy (non-hydrogen) atoms. The molecular weight excluding hydrogens is 375 g/mol. The summed E-state index contributed by atoms with van der Waals surface area (Å²) in [6, 6.07) is 4.33. The van der Waals surface area contributed by atoms with Crippen molar-refractivity contribution in [3.8, 4) is 5.75 Å². The first-order valence-electron chi connectivity index (χ1n) is 8.56.